The molecule has 0 saturated heterocycles. The highest BCUT2D eigenvalue weighted by Crippen LogP contribution is 2.44. The molecule has 3 rings (SSSR count). The van der Waals surface area contributed by atoms with Gasteiger partial charge in [-0.2, -0.15) is 0 Å². The Morgan fingerprint density at radius 3 is 2.17 bits per heavy atom. The van der Waals surface area contributed by atoms with E-state index in [0.717, 1.165) is 0 Å². The second-order valence-electron chi connectivity index (χ2n) is 6.15. The number of phenols is 1. The molecule has 0 aliphatic rings. The van der Waals surface area contributed by atoms with Crippen molar-refractivity contribution in [3.63, 3.8) is 0 Å². The molecule has 0 atom stereocenters. The molecule has 8 heteroatoms. The average Bonchev–Trinajstić information content (AvgIpc) is 2.75. The average molecular weight is 416 g/mol. The van der Waals surface area contributed by atoms with Crippen LogP contribution in [0, 0.1) is 0 Å². The molecule has 160 valence electrons. The van der Waals surface area contributed by atoms with Gasteiger partial charge >= 0.3 is 0 Å². The molecule has 0 unspecified atom stereocenters. The number of rotatable bonds is 8. The van der Waals surface area contributed by atoms with Crippen molar-refractivity contribution >= 4 is 11.0 Å². The first kappa shape index (κ1) is 21.2. The van der Waals surface area contributed by atoms with Crippen LogP contribution in [0.5, 0.6) is 34.5 Å². The molecule has 3 aromatic rings. The maximum Gasteiger partial charge on any atom is 0.239 e. The van der Waals surface area contributed by atoms with Crippen molar-refractivity contribution in [3.05, 3.63) is 34.5 Å². The van der Waals surface area contributed by atoms with Gasteiger partial charge in [-0.3, -0.25) is 4.79 Å². The number of aromatic hydroxyl groups is 1. The van der Waals surface area contributed by atoms with Gasteiger partial charge in [0, 0.05) is 11.6 Å². The third-order valence-electron chi connectivity index (χ3n) is 4.47. The number of hydrogen-bond donors (Lipinski definition) is 1. The molecule has 1 aromatic heterocycles. The van der Waals surface area contributed by atoms with Gasteiger partial charge in [0.2, 0.25) is 16.9 Å². The fourth-order valence-electron chi connectivity index (χ4n) is 3.17. The normalized spacial score (nSPS) is 10.7. The second-order valence-corrected chi connectivity index (χ2v) is 6.15. The number of methoxy groups -OCH3 is 3. The van der Waals surface area contributed by atoms with Crippen molar-refractivity contribution in [2.75, 3.05) is 34.5 Å². The molecule has 1 heterocycles. The first-order valence-corrected chi connectivity index (χ1v) is 9.39. The Hall–Kier alpha value is -3.55. The predicted octanol–water partition coefficient (Wildman–Crippen LogP) is 3.99. The van der Waals surface area contributed by atoms with E-state index in [9.17, 15) is 9.90 Å². The van der Waals surface area contributed by atoms with Crippen LogP contribution < -0.4 is 29.1 Å². The van der Waals surface area contributed by atoms with E-state index in [1.807, 2.05) is 6.92 Å². The highest BCUT2D eigenvalue weighted by atomic mass is 16.5. The fraction of sp³-hybridized carbons (Fsp3) is 0.318. The Bertz CT molecular complexity index is 1120. The highest BCUT2D eigenvalue weighted by Gasteiger charge is 2.24. The number of fused-ring (bicyclic) bond motifs is 1. The minimum Gasteiger partial charge on any atom is -0.504 e. The van der Waals surface area contributed by atoms with Gasteiger partial charge < -0.3 is 33.2 Å². The minimum absolute atomic E-state index is 0.0570. The van der Waals surface area contributed by atoms with Crippen LogP contribution in [0.15, 0.2) is 33.5 Å². The maximum atomic E-state index is 13.2. The van der Waals surface area contributed by atoms with Gasteiger partial charge in [-0.1, -0.05) is 0 Å². The molecule has 0 radical (unpaired) electrons. The lowest BCUT2D eigenvalue weighted by atomic mass is 10.1. The Labute approximate surface area is 173 Å². The predicted molar refractivity (Wildman–Crippen MR) is 112 cm³/mol. The van der Waals surface area contributed by atoms with Crippen molar-refractivity contribution in [2.45, 2.75) is 13.8 Å². The molecule has 0 aliphatic carbocycles. The molecule has 0 fully saturated rings. The quantitative estimate of drug-likeness (QED) is 0.589. The van der Waals surface area contributed by atoms with Gasteiger partial charge in [0.1, 0.15) is 11.0 Å². The largest absolute Gasteiger partial charge is 0.504 e. The molecule has 0 saturated carbocycles. The van der Waals surface area contributed by atoms with Gasteiger partial charge in [-0.15, -0.1) is 0 Å². The molecular weight excluding hydrogens is 392 g/mol. The summed E-state index contributed by atoms with van der Waals surface area (Å²) in [5.74, 6) is 1.11. The van der Waals surface area contributed by atoms with E-state index in [2.05, 4.69) is 0 Å². The summed E-state index contributed by atoms with van der Waals surface area (Å²) in [5, 5.41) is 10.6. The van der Waals surface area contributed by atoms with Crippen LogP contribution in [-0.4, -0.2) is 39.6 Å². The summed E-state index contributed by atoms with van der Waals surface area (Å²) in [6.45, 7) is 4.33. The lowest BCUT2D eigenvalue weighted by Gasteiger charge is -2.15. The summed E-state index contributed by atoms with van der Waals surface area (Å²) < 4.78 is 33.0. The Morgan fingerprint density at radius 2 is 1.57 bits per heavy atom. The SMILES string of the molecule is CCOc1cc(-c2oc3cc(OC)c(OCC)c(O)c3c(=O)c2OC)ccc1OC. The standard InChI is InChI=1S/C22H24O8/c1-6-28-14-10-12(8-9-13(14)25-3)20-22(27-5)19(24)17-15(30-20)11-16(26-4)21(18(17)23)29-7-2/h8-11,23H,6-7H2,1-5H3. The molecule has 8 nitrogen and oxygen atoms in total. The lowest BCUT2D eigenvalue weighted by Crippen LogP contribution is -2.09. The third-order valence-corrected chi connectivity index (χ3v) is 4.47. The van der Waals surface area contributed by atoms with Gasteiger partial charge in [0.05, 0.1) is 34.5 Å². The molecule has 0 aliphatic heterocycles. The van der Waals surface area contributed by atoms with Crippen LogP contribution in [0.3, 0.4) is 0 Å². The summed E-state index contributed by atoms with van der Waals surface area (Å²) in [6.07, 6.45) is 0. The number of phenolic OH excluding ortho intramolecular Hbond substituents is 1. The summed E-state index contributed by atoms with van der Waals surface area (Å²) >= 11 is 0. The molecule has 0 spiro atoms. The zero-order valence-electron chi connectivity index (χ0n) is 17.5. The van der Waals surface area contributed by atoms with Gasteiger partial charge in [0.15, 0.2) is 28.8 Å². The molecule has 2 aromatic carbocycles. The molecule has 30 heavy (non-hydrogen) atoms. The van der Waals surface area contributed by atoms with Crippen LogP contribution in [0.1, 0.15) is 13.8 Å². The molecule has 1 N–H and O–H groups in total. The van der Waals surface area contributed by atoms with E-state index < -0.39 is 5.43 Å². The zero-order chi connectivity index (χ0) is 21.8. The van der Waals surface area contributed by atoms with Gasteiger partial charge in [0.25, 0.3) is 0 Å². The van der Waals surface area contributed by atoms with E-state index in [1.54, 1.807) is 32.2 Å². The number of benzene rings is 2. The van der Waals surface area contributed by atoms with E-state index in [4.69, 9.17) is 28.1 Å². The van der Waals surface area contributed by atoms with E-state index >= 15 is 0 Å². The van der Waals surface area contributed by atoms with Crippen LogP contribution in [0.2, 0.25) is 0 Å². The van der Waals surface area contributed by atoms with Crippen molar-refractivity contribution in [2.24, 2.45) is 0 Å². The first-order chi connectivity index (χ1) is 14.5. The molecule has 0 amide bonds. The van der Waals surface area contributed by atoms with Gasteiger partial charge in [-0.05, 0) is 32.0 Å². The summed E-state index contributed by atoms with van der Waals surface area (Å²) in [7, 11) is 4.33. The van der Waals surface area contributed by atoms with Crippen molar-refractivity contribution < 1.29 is 33.2 Å². The Balaban J connectivity index is 2.33. The zero-order valence-corrected chi connectivity index (χ0v) is 17.5. The Kier molecular flexibility index (Phi) is 6.25. The summed E-state index contributed by atoms with van der Waals surface area (Å²) in [4.78, 5) is 13.2. The van der Waals surface area contributed by atoms with E-state index in [-0.39, 0.29) is 46.3 Å². The van der Waals surface area contributed by atoms with Crippen molar-refractivity contribution in [3.8, 4) is 45.8 Å². The number of hydrogen-bond acceptors (Lipinski definition) is 8. The van der Waals surface area contributed by atoms with Crippen molar-refractivity contribution in [1.29, 1.82) is 0 Å². The smallest absolute Gasteiger partial charge is 0.239 e. The number of ether oxygens (including phenoxy) is 5. The highest BCUT2D eigenvalue weighted by molar-refractivity contribution is 5.91. The Morgan fingerprint density at radius 1 is 0.867 bits per heavy atom. The van der Waals surface area contributed by atoms with Gasteiger partial charge in [-0.25, -0.2) is 0 Å². The second kappa shape index (κ2) is 8.86. The van der Waals surface area contributed by atoms with Crippen molar-refractivity contribution in [1.82, 2.24) is 0 Å². The van der Waals surface area contributed by atoms with Crippen LogP contribution in [-0.2, 0) is 0 Å². The minimum atomic E-state index is -0.538. The summed E-state index contributed by atoms with van der Waals surface area (Å²) in [6, 6.07) is 6.62. The van der Waals surface area contributed by atoms with E-state index in [0.29, 0.717) is 23.7 Å². The first-order valence-electron chi connectivity index (χ1n) is 9.39. The molecular formula is C22H24O8. The maximum absolute atomic E-state index is 13.2. The summed E-state index contributed by atoms with van der Waals surface area (Å²) in [5.41, 5.74) is 0.133. The monoisotopic (exact) mass is 416 g/mol. The third kappa shape index (κ3) is 3.56. The fourth-order valence-corrected chi connectivity index (χ4v) is 3.17. The van der Waals surface area contributed by atoms with Crippen LogP contribution >= 0.6 is 0 Å². The van der Waals surface area contributed by atoms with E-state index in [1.165, 1.54) is 20.3 Å². The van der Waals surface area contributed by atoms with Crippen LogP contribution in [0.4, 0.5) is 0 Å². The topological polar surface area (TPSA) is 96.6 Å². The molecule has 0 bridgehead atoms. The lowest BCUT2D eigenvalue weighted by molar-refractivity contribution is 0.294. The van der Waals surface area contributed by atoms with Crippen LogP contribution in [0.25, 0.3) is 22.3 Å².